The van der Waals surface area contributed by atoms with Gasteiger partial charge in [-0.05, 0) is 30.6 Å². The van der Waals surface area contributed by atoms with Gasteiger partial charge in [-0.25, -0.2) is 9.79 Å². The van der Waals surface area contributed by atoms with Crippen LogP contribution in [-0.2, 0) is 4.79 Å². The molecule has 0 N–H and O–H groups in total. The molecule has 0 bridgehead atoms. The Labute approximate surface area is 120 Å². The third kappa shape index (κ3) is 10.9. The van der Waals surface area contributed by atoms with E-state index in [1.54, 1.807) is 6.08 Å². The van der Waals surface area contributed by atoms with Crippen LogP contribution in [0.25, 0.3) is 0 Å². The number of hydrogen-bond donors (Lipinski definition) is 0. The molecule has 2 nitrogen and oxygen atoms in total. The summed E-state index contributed by atoms with van der Waals surface area (Å²) in [5, 5.41) is 0. The maximum absolute atomic E-state index is 10.1. The van der Waals surface area contributed by atoms with Gasteiger partial charge in [0.15, 0.2) is 0 Å². The van der Waals surface area contributed by atoms with Crippen molar-refractivity contribution in [3.63, 3.8) is 0 Å². The van der Waals surface area contributed by atoms with Gasteiger partial charge in [0.1, 0.15) is 0 Å². The number of aliphatic imine (C=N–C) groups is 1. The molecule has 2 heteroatoms. The van der Waals surface area contributed by atoms with Gasteiger partial charge in [-0.2, -0.15) is 0 Å². The monoisotopic (exact) mass is 267 g/mol. The molecule has 0 aliphatic rings. The SMILES string of the molecule is CCCCCCCCC(CCCN=C=O)C(C)(C)C. The first-order chi connectivity index (χ1) is 9.02. The molecular formula is C17H33NO. The van der Waals surface area contributed by atoms with Crippen LogP contribution in [0.4, 0.5) is 0 Å². The zero-order valence-electron chi connectivity index (χ0n) is 13.5. The van der Waals surface area contributed by atoms with Gasteiger partial charge in [-0.15, -0.1) is 0 Å². The highest BCUT2D eigenvalue weighted by Gasteiger charge is 2.23. The number of carbonyl (C=O) groups excluding carboxylic acids is 1. The maximum Gasteiger partial charge on any atom is 0.234 e. The van der Waals surface area contributed by atoms with E-state index in [4.69, 9.17) is 0 Å². The lowest BCUT2D eigenvalue weighted by Crippen LogP contribution is -2.20. The van der Waals surface area contributed by atoms with Crippen LogP contribution in [0.1, 0.15) is 85.5 Å². The van der Waals surface area contributed by atoms with Gasteiger partial charge >= 0.3 is 0 Å². The third-order valence-corrected chi connectivity index (χ3v) is 4.02. The smallest absolute Gasteiger partial charge is 0.211 e. The van der Waals surface area contributed by atoms with E-state index in [1.807, 2.05) is 0 Å². The summed E-state index contributed by atoms with van der Waals surface area (Å²) in [5.41, 5.74) is 0.369. The van der Waals surface area contributed by atoms with Crippen LogP contribution < -0.4 is 0 Å². The summed E-state index contributed by atoms with van der Waals surface area (Å²) in [7, 11) is 0. The largest absolute Gasteiger partial charge is 0.234 e. The molecule has 0 aliphatic heterocycles. The topological polar surface area (TPSA) is 29.4 Å². The van der Waals surface area contributed by atoms with E-state index < -0.39 is 0 Å². The van der Waals surface area contributed by atoms with Gasteiger partial charge in [0, 0.05) is 0 Å². The minimum atomic E-state index is 0.369. The van der Waals surface area contributed by atoms with E-state index >= 15 is 0 Å². The molecule has 0 aromatic carbocycles. The van der Waals surface area contributed by atoms with Crippen LogP contribution in [-0.4, -0.2) is 12.6 Å². The first-order valence-corrected chi connectivity index (χ1v) is 8.06. The van der Waals surface area contributed by atoms with Crippen molar-refractivity contribution >= 4 is 6.08 Å². The molecule has 0 aromatic heterocycles. The number of rotatable bonds is 11. The fourth-order valence-electron chi connectivity index (χ4n) is 2.64. The van der Waals surface area contributed by atoms with Crippen molar-refractivity contribution in [1.29, 1.82) is 0 Å². The summed E-state index contributed by atoms with van der Waals surface area (Å²) in [6.07, 6.45) is 13.4. The fourth-order valence-corrected chi connectivity index (χ4v) is 2.64. The lowest BCUT2D eigenvalue weighted by atomic mass is 9.75. The second-order valence-electron chi connectivity index (χ2n) is 6.73. The maximum atomic E-state index is 10.1. The van der Waals surface area contributed by atoms with Gasteiger partial charge in [0.05, 0.1) is 6.54 Å². The highest BCUT2D eigenvalue weighted by atomic mass is 16.1. The fraction of sp³-hybridized carbons (Fsp3) is 0.941. The number of isocyanates is 1. The van der Waals surface area contributed by atoms with Crippen LogP contribution in [0.15, 0.2) is 4.99 Å². The highest BCUT2D eigenvalue weighted by molar-refractivity contribution is 5.32. The summed E-state index contributed by atoms with van der Waals surface area (Å²) in [6.45, 7) is 9.90. The first-order valence-electron chi connectivity index (χ1n) is 8.06. The Hall–Kier alpha value is -0.620. The molecule has 1 atom stereocenters. The minimum absolute atomic E-state index is 0.369. The predicted molar refractivity (Wildman–Crippen MR) is 83.2 cm³/mol. The van der Waals surface area contributed by atoms with Gasteiger partial charge in [-0.1, -0.05) is 66.2 Å². The second-order valence-corrected chi connectivity index (χ2v) is 6.73. The molecule has 0 heterocycles. The van der Waals surface area contributed by atoms with Crippen LogP contribution in [0, 0.1) is 11.3 Å². The molecule has 1 unspecified atom stereocenters. The lowest BCUT2D eigenvalue weighted by Gasteiger charge is -2.31. The zero-order valence-corrected chi connectivity index (χ0v) is 13.5. The molecule has 0 rings (SSSR count). The molecule has 112 valence electrons. The van der Waals surface area contributed by atoms with Crippen molar-refractivity contribution in [2.45, 2.75) is 85.5 Å². The quantitative estimate of drug-likeness (QED) is 0.275. The van der Waals surface area contributed by atoms with Crippen molar-refractivity contribution in [2.24, 2.45) is 16.3 Å². The molecule has 0 aromatic rings. The average Bonchev–Trinajstić information content (AvgIpc) is 2.34. The van der Waals surface area contributed by atoms with Crippen LogP contribution >= 0.6 is 0 Å². The zero-order chi connectivity index (χ0) is 14.6. The van der Waals surface area contributed by atoms with E-state index in [-0.39, 0.29) is 0 Å². The molecule has 0 fully saturated rings. The van der Waals surface area contributed by atoms with E-state index in [1.165, 1.54) is 51.4 Å². The number of nitrogens with zero attached hydrogens (tertiary/aromatic N) is 1. The molecule has 0 radical (unpaired) electrons. The minimum Gasteiger partial charge on any atom is -0.211 e. The van der Waals surface area contributed by atoms with Crippen molar-refractivity contribution < 1.29 is 4.79 Å². The first kappa shape index (κ1) is 18.4. The molecular weight excluding hydrogens is 234 g/mol. The Morgan fingerprint density at radius 2 is 1.53 bits per heavy atom. The summed E-state index contributed by atoms with van der Waals surface area (Å²) in [5.74, 6) is 0.750. The molecule has 19 heavy (non-hydrogen) atoms. The third-order valence-electron chi connectivity index (χ3n) is 4.02. The number of hydrogen-bond acceptors (Lipinski definition) is 2. The normalized spacial score (nSPS) is 13.1. The second kappa shape index (κ2) is 11.2. The Balaban J connectivity index is 3.84. The van der Waals surface area contributed by atoms with Crippen molar-refractivity contribution in [2.75, 3.05) is 6.54 Å². The molecule has 0 aliphatic carbocycles. The van der Waals surface area contributed by atoms with Crippen LogP contribution in [0.5, 0.6) is 0 Å². The summed E-state index contributed by atoms with van der Waals surface area (Å²) >= 11 is 0. The number of unbranched alkanes of at least 4 members (excludes halogenated alkanes) is 5. The summed E-state index contributed by atoms with van der Waals surface area (Å²) in [4.78, 5) is 13.7. The Morgan fingerprint density at radius 3 is 2.11 bits per heavy atom. The average molecular weight is 267 g/mol. The molecule has 0 spiro atoms. The van der Waals surface area contributed by atoms with Gasteiger partial charge in [0.2, 0.25) is 6.08 Å². The predicted octanol–water partition coefficient (Wildman–Crippen LogP) is 5.52. The Bertz CT molecular complexity index is 248. The van der Waals surface area contributed by atoms with Crippen molar-refractivity contribution in [3.05, 3.63) is 0 Å². The van der Waals surface area contributed by atoms with E-state index in [0.29, 0.717) is 12.0 Å². The van der Waals surface area contributed by atoms with Crippen LogP contribution in [0.3, 0.4) is 0 Å². The molecule has 0 saturated heterocycles. The van der Waals surface area contributed by atoms with Gasteiger partial charge in [-0.3, -0.25) is 0 Å². The molecule has 0 amide bonds. The van der Waals surface area contributed by atoms with E-state index in [0.717, 1.165) is 12.3 Å². The summed E-state index contributed by atoms with van der Waals surface area (Å²) in [6, 6.07) is 0. The van der Waals surface area contributed by atoms with Gasteiger partial charge < -0.3 is 0 Å². The van der Waals surface area contributed by atoms with E-state index in [2.05, 4.69) is 32.7 Å². The Morgan fingerprint density at radius 1 is 0.947 bits per heavy atom. The standard InChI is InChI=1S/C17H33NO/c1-5-6-7-8-9-10-12-16(17(2,3)4)13-11-14-18-15-19/h16H,5-14H2,1-4H3. The van der Waals surface area contributed by atoms with Gasteiger partial charge in [0.25, 0.3) is 0 Å². The summed E-state index contributed by atoms with van der Waals surface area (Å²) < 4.78 is 0. The molecule has 0 saturated carbocycles. The Kier molecular flexibility index (Phi) is 10.9. The van der Waals surface area contributed by atoms with Crippen molar-refractivity contribution in [3.8, 4) is 0 Å². The van der Waals surface area contributed by atoms with Crippen LogP contribution in [0.2, 0.25) is 0 Å². The van der Waals surface area contributed by atoms with Crippen molar-refractivity contribution in [1.82, 2.24) is 0 Å². The lowest BCUT2D eigenvalue weighted by molar-refractivity contribution is 0.203. The highest BCUT2D eigenvalue weighted by Crippen LogP contribution is 2.34. The van der Waals surface area contributed by atoms with E-state index in [9.17, 15) is 4.79 Å².